The first-order valence-electron chi connectivity index (χ1n) is 7.58. The predicted octanol–water partition coefficient (Wildman–Crippen LogP) is 2.97. The molecular formula is C16H14ClN5O2S. The second kappa shape index (κ2) is 5.75. The van der Waals surface area contributed by atoms with Crippen LogP contribution < -0.4 is 16.8 Å². The van der Waals surface area contributed by atoms with E-state index in [1.807, 2.05) is 0 Å². The van der Waals surface area contributed by atoms with Crippen molar-refractivity contribution in [1.29, 1.82) is 0 Å². The van der Waals surface area contributed by atoms with Gasteiger partial charge >= 0.3 is 0 Å². The van der Waals surface area contributed by atoms with Crippen LogP contribution in [0.2, 0.25) is 5.02 Å². The number of primary amides is 1. The summed E-state index contributed by atoms with van der Waals surface area (Å²) in [7, 11) is 0. The highest BCUT2D eigenvalue weighted by molar-refractivity contribution is 7.21. The highest BCUT2D eigenvalue weighted by atomic mass is 35.5. The van der Waals surface area contributed by atoms with Gasteiger partial charge in [-0.25, -0.2) is 9.97 Å². The van der Waals surface area contributed by atoms with Crippen LogP contribution in [0, 0.1) is 0 Å². The van der Waals surface area contributed by atoms with E-state index in [9.17, 15) is 9.90 Å². The van der Waals surface area contributed by atoms with Gasteiger partial charge in [-0.15, -0.1) is 11.3 Å². The molecule has 0 saturated heterocycles. The molecule has 6 N–H and O–H groups in total. The Bertz CT molecular complexity index is 995. The highest BCUT2D eigenvalue weighted by Crippen LogP contribution is 2.40. The fourth-order valence-electron chi connectivity index (χ4n) is 2.60. The van der Waals surface area contributed by atoms with Gasteiger partial charge in [-0.3, -0.25) is 4.79 Å². The summed E-state index contributed by atoms with van der Waals surface area (Å²) in [6.07, 6.45) is 2.13. The third-order valence-corrected chi connectivity index (χ3v) is 5.21. The molecule has 1 aliphatic rings. The molecule has 1 saturated carbocycles. The number of halogens is 1. The molecule has 0 spiro atoms. The average Bonchev–Trinajstić information content (AvgIpc) is 3.27. The van der Waals surface area contributed by atoms with Crippen LogP contribution in [0.5, 0.6) is 5.75 Å². The molecule has 3 aromatic rings. The molecule has 0 atom stereocenters. The normalized spacial score (nSPS) is 14.0. The third-order valence-electron chi connectivity index (χ3n) is 3.88. The molecule has 0 bridgehead atoms. The van der Waals surface area contributed by atoms with Crippen LogP contribution in [0.1, 0.15) is 22.5 Å². The number of carbonyl (C=O) groups is 1. The Labute approximate surface area is 151 Å². The first-order valence-corrected chi connectivity index (χ1v) is 8.78. The number of phenolic OH excluding ortho intramolecular Hbond substituents is 1. The number of amides is 1. The van der Waals surface area contributed by atoms with Crippen LogP contribution in [0.25, 0.3) is 21.5 Å². The molecule has 1 aromatic carbocycles. The quantitative estimate of drug-likeness (QED) is 0.555. The first-order chi connectivity index (χ1) is 11.9. The predicted molar refractivity (Wildman–Crippen MR) is 99.1 cm³/mol. The van der Waals surface area contributed by atoms with Gasteiger partial charge in [0.1, 0.15) is 15.5 Å². The van der Waals surface area contributed by atoms with E-state index in [1.54, 1.807) is 6.07 Å². The Hall–Kier alpha value is -2.58. The molecule has 0 unspecified atom stereocenters. The molecule has 1 aliphatic carbocycles. The van der Waals surface area contributed by atoms with Crippen LogP contribution in [-0.4, -0.2) is 27.0 Å². The fourth-order valence-corrected chi connectivity index (χ4v) is 3.78. The molecule has 0 radical (unpaired) electrons. The van der Waals surface area contributed by atoms with E-state index in [4.69, 9.17) is 23.1 Å². The summed E-state index contributed by atoms with van der Waals surface area (Å²) in [6, 6.07) is 4.99. The Morgan fingerprint density at radius 3 is 2.72 bits per heavy atom. The topological polar surface area (TPSA) is 127 Å². The minimum Gasteiger partial charge on any atom is -0.508 e. The number of nitrogens with zero attached hydrogens (tertiary/aromatic N) is 2. The molecule has 25 heavy (non-hydrogen) atoms. The number of nitrogen functional groups attached to an aromatic ring is 1. The highest BCUT2D eigenvalue weighted by Gasteiger charge is 2.25. The maximum absolute atomic E-state index is 11.6. The summed E-state index contributed by atoms with van der Waals surface area (Å²) in [4.78, 5) is 21.5. The first kappa shape index (κ1) is 15.9. The third kappa shape index (κ3) is 2.94. The zero-order chi connectivity index (χ0) is 17.7. The summed E-state index contributed by atoms with van der Waals surface area (Å²) in [5.41, 5.74) is 12.9. The largest absolute Gasteiger partial charge is 0.508 e. The number of benzene rings is 1. The standard InChI is InChI=1S/C16H14ClN5O2S/c17-7-3-6(4-9(23)5-7)12-10-11(18)13(14(19)24)25-15(10)22-16(21-12)20-8-1-2-8/h3-5,8,23H,1-2,18H2,(H2,19,24)(H,20,21,22). The lowest BCUT2D eigenvalue weighted by molar-refractivity contribution is 0.100. The smallest absolute Gasteiger partial charge is 0.260 e. The maximum atomic E-state index is 11.6. The van der Waals surface area contributed by atoms with Crippen LogP contribution in [0.4, 0.5) is 11.6 Å². The number of carbonyl (C=O) groups excluding carboxylic acids is 1. The summed E-state index contributed by atoms with van der Waals surface area (Å²) in [5.74, 6) is -0.159. The molecule has 2 heterocycles. The van der Waals surface area contributed by atoms with E-state index in [0.717, 1.165) is 24.2 Å². The van der Waals surface area contributed by atoms with E-state index in [1.165, 1.54) is 12.1 Å². The van der Waals surface area contributed by atoms with Gasteiger partial charge in [-0.1, -0.05) is 11.6 Å². The van der Waals surface area contributed by atoms with E-state index >= 15 is 0 Å². The summed E-state index contributed by atoms with van der Waals surface area (Å²) < 4.78 is 0. The van der Waals surface area contributed by atoms with Crippen molar-refractivity contribution in [2.24, 2.45) is 5.73 Å². The summed E-state index contributed by atoms with van der Waals surface area (Å²) >= 11 is 7.18. The second-order valence-electron chi connectivity index (χ2n) is 5.90. The number of aromatic nitrogens is 2. The number of hydrogen-bond acceptors (Lipinski definition) is 7. The Kier molecular flexibility index (Phi) is 3.66. The monoisotopic (exact) mass is 375 g/mol. The molecular weight excluding hydrogens is 362 g/mol. The van der Waals surface area contributed by atoms with E-state index in [0.29, 0.717) is 38.5 Å². The molecule has 1 amide bonds. The number of hydrogen-bond donors (Lipinski definition) is 4. The number of anilines is 2. The van der Waals surface area contributed by atoms with Crippen molar-refractivity contribution in [1.82, 2.24) is 9.97 Å². The number of aromatic hydroxyl groups is 1. The van der Waals surface area contributed by atoms with Gasteiger partial charge < -0.3 is 21.9 Å². The van der Waals surface area contributed by atoms with Gasteiger partial charge in [0.25, 0.3) is 5.91 Å². The number of nitrogens with two attached hydrogens (primary N) is 2. The zero-order valence-electron chi connectivity index (χ0n) is 12.9. The van der Waals surface area contributed by atoms with Crippen molar-refractivity contribution in [2.45, 2.75) is 18.9 Å². The molecule has 1 fully saturated rings. The Morgan fingerprint density at radius 2 is 2.08 bits per heavy atom. The molecule has 9 heteroatoms. The van der Waals surface area contributed by atoms with Crippen molar-refractivity contribution in [3.05, 3.63) is 28.1 Å². The molecule has 128 valence electrons. The molecule has 7 nitrogen and oxygen atoms in total. The SMILES string of the molecule is NC(=O)c1sc2nc(NC3CC3)nc(-c3cc(O)cc(Cl)c3)c2c1N. The number of thiophene rings is 1. The summed E-state index contributed by atoms with van der Waals surface area (Å²) in [5, 5.41) is 14.0. The van der Waals surface area contributed by atoms with Crippen molar-refractivity contribution >= 4 is 50.7 Å². The Morgan fingerprint density at radius 1 is 1.32 bits per heavy atom. The van der Waals surface area contributed by atoms with Crippen LogP contribution >= 0.6 is 22.9 Å². The van der Waals surface area contributed by atoms with Gasteiger partial charge in [0, 0.05) is 16.6 Å². The van der Waals surface area contributed by atoms with E-state index in [2.05, 4.69) is 15.3 Å². The zero-order valence-corrected chi connectivity index (χ0v) is 14.5. The number of fused-ring (bicyclic) bond motifs is 1. The van der Waals surface area contributed by atoms with Crippen molar-refractivity contribution in [3.8, 4) is 17.0 Å². The minimum absolute atomic E-state index is 0.00916. The van der Waals surface area contributed by atoms with Crippen molar-refractivity contribution < 1.29 is 9.90 Å². The molecule has 2 aromatic heterocycles. The van der Waals surface area contributed by atoms with E-state index < -0.39 is 5.91 Å². The number of phenols is 1. The average molecular weight is 376 g/mol. The molecule has 0 aliphatic heterocycles. The van der Waals surface area contributed by atoms with Gasteiger partial charge in [-0.2, -0.15) is 0 Å². The summed E-state index contributed by atoms with van der Waals surface area (Å²) in [6.45, 7) is 0. The number of nitrogens with one attached hydrogen (secondary N) is 1. The van der Waals surface area contributed by atoms with Gasteiger partial charge in [0.15, 0.2) is 0 Å². The lowest BCUT2D eigenvalue weighted by Gasteiger charge is -2.09. The molecule has 4 rings (SSSR count). The lowest BCUT2D eigenvalue weighted by Crippen LogP contribution is -2.10. The van der Waals surface area contributed by atoms with Gasteiger partial charge in [0.2, 0.25) is 5.95 Å². The lowest BCUT2D eigenvalue weighted by atomic mass is 10.1. The van der Waals surface area contributed by atoms with Crippen LogP contribution in [0.3, 0.4) is 0 Å². The van der Waals surface area contributed by atoms with E-state index in [-0.39, 0.29) is 16.3 Å². The van der Waals surface area contributed by atoms with Crippen molar-refractivity contribution in [2.75, 3.05) is 11.1 Å². The van der Waals surface area contributed by atoms with Gasteiger partial charge in [0.05, 0.1) is 16.8 Å². The minimum atomic E-state index is -0.614. The van der Waals surface area contributed by atoms with Crippen LogP contribution in [0.15, 0.2) is 18.2 Å². The second-order valence-corrected chi connectivity index (χ2v) is 7.34. The van der Waals surface area contributed by atoms with Crippen molar-refractivity contribution in [3.63, 3.8) is 0 Å². The maximum Gasteiger partial charge on any atom is 0.260 e. The number of rotatable bonds is 4. The fraction of sp³-hybridized carbons (Fsp3) is 0.188. The van der Waals surface area contributed by atoms with Crippen LogP contribution in [-0.2, 0) is 0 Å². The Balaban J connectivity index is 1.99. The van der Waals surface area contributed by atoms with Gasteiger partial charge in [-0.05, 0) is 31.0 Å².